The van der Waals surface area contributed by atoms with Gasteiger partial charge in [0.15, 0.2) is 0 Å². The van der Waals surface area contributed by atoms with Crippen molar-refractivity contribution in [2.75, 3.05) is 0 Å². The van der Waals surface area contributed by atoms with Gasteiger partial charge in [-0.05, 0) is 0 Å². The van der Waals surface area contributed by atoms with E-state index in [0.29, 0.717) is 0 Å². The van der Waals surface area contributed by atoms with Crippen LogP contribution in [0.4, 0.5) is 0 Å². The SMILES string of the molecule is [CH2-]/C=C\Cc1[c-]c(C([CH2-])C)ncn1.[W]. The monoisotopic (exact) mass is 357 g/mol. The third-order valence-corrected chi connectivity index (χ3v) is 1.63. The molecule has 1 aromatic rings. The van der Waals surface area contributed by atoms with Crippen molar-refractivity contribution in [3.8, 4) is 0 Å². The van der Waals surface area contributed by atoms with Crippen LogP contribution in [0, 0.1) is 19.9 Å². The predicted octanol–water partition coefficient (Wildman–Crippen LogP) is 2.14. The normalized spacial score (nSPS) is 12.4. The van der Waals surface area contributed by atoms with Crippen molar-refractivity contribution in [3.05, 3.63) is 49.8 Å². The Morgan fingerprint density at radius 2 is 2.29 bits per heavy atom. The summed E-state index contributed by atoms with van der Waals surface area (Å²) in [6.45, 7) is 9.47. The molecule has 0 aromatic carbocycles. The van der Waals surface area contributed by atoms with Crippen LogP contribution in [0.5, 0.6) is 0 Å². The molecule has 1 rings (SSSR count). The molecule has 0 aliphatic carbocycles. The molecule has 0 saturated heterocycles. The number of allylic oxidation sites excluding steroid dienone is 2. The first kappa shape index (κ1) is 13.4. The van der Waals surface area contributed by atoms with Crippen molar-refractivity contribution < 1.29 is 21.1 Å². The van der Waals surface area contributed by atoms with Crippen LogP contribution in [0.15, 0.2) is 18.5 Å². The maximum atomic E-state index is 4.09. The summed E-state index contributed by atoms with van der Waals surface area (Å²) in [4.78, 5) is 8.16. The first-order valence-electron chi connectivity index (χ1n) is 4.24. The molecule has 1 atom stereocenters. The molecule has 14 heavy (non-hydrogen) atoms. The van der Waals surface area contributed by atoms with E-state index in [-0.39, 0.29) is 27.0 Å². The molecular formula is C11H13N2W-3. The second-order valence-electron chi connectivity index (χ2n) is 2.91. The van der Waals surface area contributed by atoms with E-state index in [1.165, 1.54) is 0 Å². The van der Waals surface area contributed by atoms with Crippen LogP contribution in [-0.2, 0) is 27.5 Å². The topological polar surface area (TPSA) is 25.8 Å². The fraction of sp³-hybridized carbons (Fsp3) is 0.273. The Hall–Kier alpha value is -0.622. The van der Waals surface area contributed by atoms with Crippen LogP contribution >= 0.6 is 0 Å². The van der Waals surface area contributed by atoms with Crippen molar-refractivity contribution in [1.82, 2.24) is 9.97 Å². The van der Waals surface area contributed by atoms with E-state index in [9.17, 15) is 0 Å². The number of aromatic nitrogens is 2. The second-order valence-corrected chi connectivity index (χ2v) is 2.91. The van der Waals surface area contributed by atoms with Crippen molar-refractivity contribution >= 4 is 0 Å². The Morgan fingerprint density at radius 1 is 1.57 bits per heavy atom. The summed E-state index contributed by atoms with van der Waals surface area (Å²) in [5.74, 6) is 0.158. The predicted molar refractivity (Wildman–Crippen MR) is 52.8 cm³/mol. The van der Waals surface area contributed by atoms with Gasteiger partial charge in [0.2, 0.25) is 0 Å². The minimum absolute atomic E-state index is 0. The Morgan fingerprint density at radius 3 is 2.86 bits per heavy atom. The van der Waals surface area contributed by atoms with E-state index in [0.717, 1.165) is 17.8 Å². The van der Waals surface area contributed by atoms with Gasteiger partial charge < -0.3 is 13.0 Å². The summed E-state index contributed by atoms with van der Waals surface area (Å²) < 4.78 is 0. The van der Waals surface area contributed by atoms with Gasteiger partial charge >= 0.3 is 0 Å². The summed E-state index contributed by atoms with van der Waals surface area (Å²) in [5, 5.41) is 0. The van der Waals surface area contributed by atoms with Crippen molar-refractivity contribution in [1.29, 1.82) is 0 Å². The number of rotatable bonds is 3. The Balaban J connectivity index is 0.00000169. The number of hydrogen-bond donors (Lipinski definition) is 0. The number of hydrogen-bond acceptors (Lipinski definition) is 2. The van der Waals surface area contributed by atoms with E-state index in [1.54, 1.807) is 12.4 Å². The van der Waals surface area contributed by atoms with Gasteiger partial charge in [-0.15, -0.1) is 5.69 Å². The Bertz CT molecular complexity index is 295. The molecule has 0 spiro atoms. The fourth-order valence-corrected chi connectivity index (χ4v) is 0.922. The molecule has 0 radical (unpaired) electrons. The minimum atomic E-state index is 0. The summed E-state index contributed by atoms with van der Waals surface area (Å²) in [7, 11) is 0. The largest absolute Gasteiger partial charge is 0.430 e. The zero-order valence-corrected chi connectivity index (χ0v) is 11.2. The van der Waals surface area contributed by atoms with Gasteiger partial charge in [-0.2, -0.15) is 11.6 Å². The quantitative estimate of drug-likeness (QED) is 0.775. The summed E-state index contributed by atoms with van der Waals surface area (Å²) in [5.41, 5.74) is 1.75. The van der Waals surface area contributed by atoms with E-state index >= 15 is 0 Å². The van der Waals surface area contributed by atoms with Crippen molar-refractivity contribution in [2.45, 2.75) is 19.3 Å². The Kier molecular flexibility index (Phi) is 6.48. The van der Waals surface area contributed by atoms with Crippen LogP contribution in [-0.4, -0.2) is 9.97 Å². The molecule has 0 aliphatic rings. The average molecular weight is 357 g/mol. The zero-order valence-electron chi connectivity index (χ0n) is 8.23. The van der Waals surface area contributed by atoms with E-state index in [1.807, 2.05) is 13.0 Å². The molecule has 1 heterocycles. The molecule has 0 aliphatic heterocycles. The molecule has 0 fully saturated rings. The second kappa shape index (κ2) is 6.78. The maximum absolute atomic E-state index is 4.09. The smallest absolute Gasteiger partial charge is 0.108 e. The van der Waals surface area contributed by atoms with Crippen LogP contribution in [0.1, 0.15) is 24.2 Å². The third kappa shape index (κ3) is 4.06. The number of nitrogens with zero attached hydrogens (tertiary/aromatic N) is 2. The van der Waals surface area contributed by atoms with Gasteiger partial charge in [0.25, 0.3) is 0 Å². The zero-order chi connectivity index (χ0) is 9.68. The van der Waals surface area contributed by atoms with Gasteiger partial charge in [0.1, 0.15) is 6.33 Å². The molecule has 0 bridgehead atoms. The standard InChI is InChI=1S/C11H13N2.W/c1-4-5-6-10-7-11(9(2)3)13-8-12-10;/h4-5,8-9H,1-2,6H2,3H3;/q-3;/b5-4-;. The molecule has 3 heteroatoms. The first-order chi connectivity index (χ1) is 6.24. The van der Waals surface area contributed by atoms with Gasteiger partial charge in [-0.3, -0.25) is 9.97 Å². The summed E-state index contributed by atoms with van der Waals surface area (Å²) in [6.07, 6.45) is 6.01. The van der Waals surface area contributed by atoms with Crippen LogP contribution in [0.2, 0.25) is 0 Å². The molecule has 76 valence electrons. The Labute approximate surface area is 100 Å². The van der Waals surface area contributed by atoms with E-state index in [4.69, 9.17) is 0 Å². The minimum Gasteiger partial charge on any atom is -0.430 e. The molecular weight excluding hydrogens is 344 g/mol. The molecule has 1 aromatic heterocycles. The summed E-state index contributed by atoms with van der Waals surface area (Å²) in [6, 6.07) is 3.11. The maximum Gasteiger partial charge on any atom is 0.108 e. The van der Waals surface area contributed by atoms with Crippen molar-refractivity contribution in [3.63, 3.8) is 0 Å². The molecule has 0 N–H and O–H groups in total. The molecule has 2 nitrogen and oxygen atoms in total. The van der Waals surface area contributed by atoms with Crippen LogP contribution in [0.3, 0.4) is 0 Å². The van der Waals surface area contributed by atoms with E-state index < -0.39 is 0 Å². The van der Waals surface area contributed by atoms with Gasteiger partial charge in [-0.25, -0.2) is 19.1 Å². The van der Waals surface area contributed by atoms with Crippen molar-refractivity contribution in [2.24, 2.45) is 0 Å². The first-order valence-corrected chi connectivity index (χ1v) is 4.24. The van der Waals surface area contributed by atoms with E-state index in [2.05, 4.69) is 29.9 Å². The molecule has 1 unspecified atom stereocenters. The van der Waals surface area contributed by atoms with Gasteiger partial charge in [0, 0.05) is 21.1 Å². The fourth-order valence-electron chi connectivity index (χ4n) is 0.922. The summed E-state index contributed by atoms with van der Waals surface area (Å²) >= 11 is 0. The van der Waals surface area contributed by atoms with Crippen LogP contribution in [0.25, 0.3) is 0 Å². The van der Waals surface area contributed by atoms with Crippen LogP contribution < -0.4 is 0 Å². The molecule has 0 amide bonds. The third-order valence-electron chi connectivity index (χ3n) is 1.63. The average Bonchev–Trinajstić information content (AvgIpc) is 2.15. The van der Waals surface area contributed by atoms with Gasteiger partial charge in [-0.1, -0.05) is 13.3 Å². The molecule has 0 saturated carbocycles. The van der Waals surface area contributed by atoms with Gasteiger partial charge in [0.05, 0.1) is 0 Å².